The standard InChI is InChI=1S/C13H23N.C2H6/c1-4-6-9-13(5-2)11-14-10-7-8-12(14)3;1-2/h7-8,10,13H,4-6,9,11H2,1-3H3;1-2H3. The first kappa shape index (κ1) is 15.3. The van der Waals surface area contributed by atoms with Crippen LogP contribution in [0.5, 0.6) is 0 Å². The highest BCUT2D eigenvalue weighted by Gasteiger charge is 2.07. The van der Waals surface area contributed by atoms with Gasteiger partial charge < -0.3 is 4.57 Å². The van der Waals surface area contributed by atoms with Gasteiger partial charge in [0, 0.05) is 18.4 Å². The lowest BCUT2D eigenvalue weighted by molar-refractivity contribution is 0.388. The molecule has 1 nitrogen and oxygen atoms in total. The molecule has 16 heavy (non-hydrogen) atoms. The first-order valence-electron chi connectivity index (χ1n) is 6.89. The highest BCUT2D eigenvalue weighted by atomic mass is 15.0. The summed E-state index contributed by atoms with van der Waals surface area (Å²) in [5.41, 5.74) is 1.39. The molecule has 0 aliphatic heterocycles. The van der Waals surface area contributed by atoms with Gasteiger partial charge in [-0.05, 0) is 31.4 Å². The van der Waals surface area contributed by atoms with Crippen molar-refractivity contribution in [1.29, 1.82) is 0 Å². The van der Waals surface area contributed by atoms with Crippen molar-refractivity contribution < 1.29 is 0 Å². The van der Waals surface area contributed by atoms with E-state index in [9.17, 15) is 0 Å². The van der Waals surface area contributed by atoms with E-state index < -0.39 is 0 Å². The van der Waals surface area contributed by atoms with E-state index >= 15 is 0 Å². The second-order valence-electron chi connectivity index (χ2n) is 4.22. The fourth-order valence-electron chi connectivity index (χ4n) is 1.90. The molecule has 0 spiro atoms. The normalized spacial score (nSPS) is 11.8. The molecule has 1 heteroatoms. The number of aromatic nitrogens is 1. The van der Waals surface area contributed by atoms with Gasteiger partial charge in [0.2, 0.25) is 0 Å². The van der Waals surface area contributed by atoms with Gasteiger partial charge in [0.25, 0.3) is 0 Å². The van der Waals surface area contributed by atoms with Crippen LogP contribution in [0.25, 0.3) is 0 Å². The first-order valence-corrected chi connectivity index (χ1v) is 6.89. The van der Waals surface area contributed by atoms with Crippen LogP contribution in [-0.4, -0.2) is 4.57 Å². The van der Waals surface area contributed by atoms with E-state index in [-0.39, 0.29) is 0 Å². The highest BCUT2D eigenvalue weighted by Crippen LogP contribution is 2.16. The minimum Gasteiger partial charge on any atom is -0.351 e. The number of hydrogen-bond donors (Lipinski definition) is 0. The average Bonchev–Trinajstić information content (AvgIpc) is 2.73. The summed E-state index contributed by atoms with van der Waals surface area (Å²) in [6.45, 7) is 12.0. The van der Waals surface area contributed by atoms with Crippen molar-refractivity contribution in [3.8, 4) is 0 Å². The van der Waals surface area contributed by atoms with E-state index in [4.69, 9.17) is 0 Å². The average molecular weight is 223 g/mol. The summed E-state index contributed by atoms with van der Waals surface area (Å²) in [6.07, 6.45) is 7.58. The predicted molar refractivity (Wildman–Crippen MR) is 73.8 cm³/mol. The Morgan fingerprint density at radius 3 is 2.38 bits per heavy atom. The van der Waals surface area contributed by atoms with Crippen LogP contribution in [0.2, 0.25) is 0 Å². The topological polar surface area (TPSA) is 4.93 Å². The molecule has 1 unspecified atom stereocenters. The van der Waals surface area contributed by atoms with Gasteiger partial charge in [-0.25, -0.2) is 0 Å². The van der Waals surface area contributed by atoms with Gasteiger partial charge in [-0.2, -0.15) is 0 Å². The second-order valence-corrected chi connectivity index (χ2v) is 4.22. The number of aryl methyl sites for hydroxylation is 1. The SMILES string of the molecule is CC.CCCCC(CC)Cn1cccc1C. The second kappa shape index (κ2) is 9.50. The zero-order valence-electron chi connectivity index (χ0n) is 11.8. The van der Waals surface area contributed by atoms with Gasteiger partial charge in [-0.3, -0.25) is 0 Å². The van der Waals surface area contributed by atoms with Crippen LogP contribution in [0.1, 0.15) is 59.1 Å². The molecule has 94 valence electrons. The molecule has 0 aliphatic carbocycles. The maximum atomic E-state index is 2.38. The van der Waals surface area contributed by atoms with Crippen molar-refractivity contribution in [2.75, 3.05) is 0 Å². The van der Waals surface area contributed by atoms with Gasteiger partial charge >= 0.3 is 0 Å². The summed E-state index contributed by atoms with van der Waals surface area (Å²) in [4.78, 5) is 0. The monoisotopic (exact) mass is 223 g/mol. The van der Waals surface area contributed by atoms with Gasteiger partial charge in [-0.15, -0.1) is 0 Å². The van der Waals surface area contributed by atoms with Crippen molar-refractivity contribution in [3.63, 3.8) is 0 Å². The fraction of sp³-hybridized carbons (Fsp3) is 0.733. The summed E-state index contributed by atoms with van der Waals surface area (Å²) in [5, 5.41) is 0. The molecule has 1 atom stereocenters. The molecule has 1 rings (SSSR count). The lowest BCUT2D eigenvalue weighted by Gasteiger charge is -2.16. The van der Waals surface area contributed by atoms with Crippen LogP contribution >= 0.6 is 0 Å². The summed E-state index contributed by atoms with van der Waals surface area (Å²) in [5.74, 6) is 0.862. The van der Waals surface area contributed by atoms with E-state index in [1.807, 2.05) is 13.8 Å². The lowest BCUT2D eigenvalue weighted by atomic mass is 9.99. The molecule has 0 fully saturated rings. The molecule has 1 aromatic rings. The molecule has 0 saturated carbocycles. The highest BCUT2D eigenvalue weighted by molar-refractivity contribution is 5.04. The van der Waals surface area contributed by atoms with Crippen molar-refractivity contribution in [1.82, 2.24) is 4.57 Å². The van der Waals surface area contributed by atoms with Crippen molar-refractivity contribution >= 4 is 0 Å². The smallest absolute Gasteiger partial charge is 0.0250 e. The molecule has 0 aromatic carbocycles. The lowest BCUT2D eigenvalue weighted by Crippen LogP contribution is -2.10. The van der Waals surface area contributed by atoms with Crippen LogP contribution < -0.4 is 0 Å². The molecular weight excluding hydrogens is 194 g/mol. The molecule has 1 aromatic heterocycles. The van der Waals surface area contributed by atoms with Crippen molar-refractivity contribution in [2.45, 2.75) is 66.8 Å². The number of rotatable bonds is 6. The van der Waals surface area contributed by atoms with E-state index in [1.165, 1.54) is 37.9 Å². The molecule has 0 saturated heterocycles. The number of unbranched alkanes of at least 4 members (excludes halogenated alkanes) is 1. The largest absolute Gasteiger partial charge is 0.351 e. The quantitative estimate of drug-likeness (QED) is 0.637. The van der Waals surface area contributed by atoms with Gasteiger partial charge in [-0.1, -0.05) is 47.0 Å². The number of nitrogens with zero attached hydrogens (tertiary/aromatic N) is 1. The molecular formula is C15H29N. The Hall–Kier alpha value is -0.720. The Morgan fingerprint density at radius 2 is 1.94 bits per heavy atom. The Morgan fingerprint density at radius 1 is 1.25 bits per heavy atom. The molecule has 0 N–H and O–H groups in total. The third kappa shape index (κ3) is 5.39. The third-order valence-electron chi connectivity index (χ3n) is 3.05. The molecule has 0 radical (unpaired) electrons. The van der Waals surface area contributed by atoms with E-state index in [2.05, 4.69) is 43.7 Å². The minimum absolute atomic E-state index is 0.862. The van der Waals surface area contributed by atoms with Gasteiger partial charge in [0.15, 0.2) is 0 Å². The van der Waals surface area contributed by atoms with Crippen LogP contribution in [0.3, 0.4) is 0 Å². The summed E-state index contributed by atoms with van der Waals surface area (Å²) >= 11 is 0. The maximum absolute atomic E-state index is 2.38. The first-order chi connectivity index (χ1) is 7.77. The summed E-state index contributed by atoms with van der Waals surface area (Å²) in [7, 11) is 0. The Kier molecular flexibility index (Phi) is 9.07. The Balaban J connectivity index is 0.00000106. The Labute approximate surface area is 102 Å². The van der Waals surface area contributed by atoms with E-state index in [0.717, 1.165) is 5.92 Å². The molecule has 0 aliphatic rings. The van der Waals surface area contributed by atoms with Crippen molar-refractivity contribution in [2.24, 2.45) is 5.92 Å². The third-order valence-corrected chi connectivity index (χ3v) is 3.05. The van der Waals surface area contributed by atoms with Crippen LogP contribution in [0.4, 0.5) is 0 Å². The summed E-state index contributed by atoms with van der Waals surface area (Å²) < 4.78 is 2.38. The van der Waals surface area contributed by atoms with Gasteiger partial charge in [0.05, 0.1) is 0 Å². The van der Waals surface area contributed by atoms with Crippen molar-refractivity contribution in [3.05, 3.63) is 24.0 Å². The van der Waals surface area contributed by atoms with Crippen LogP contribution in [0, 0.1) is 12.8 Å². The minimum atomic E-state index is 0.862. The number of hydrogen-bond acceptors (Lipinski definition) is 0. The Bertz CT molecular complexity index is 250. The molecule has 0 bridgehead atoms. The maximum Gasteiger partial charge on any atom is 0.0250 e. The molecule has 0 amide bonds. The summed E-state index contributed by atoms with van der Waals surface area (Å²) in [6, 6.07) is 4.33. The fourth-order valence-corrected chi connectivity index (χ4v) is 1.90. The predicted octanol–water partition coefficient (Wildman–Crippen LogP) is 5.04. The zero-order valence-corrected chi connectivity index (χ0v) is 11.8. The van der Waals surface area contributed by atoms with Gasteiger partial charge in [0.1, 0.15) is 0 Å². The zero-order chi connectivity index (χ0) is 12.4. The van der Waals surface area contributed by atoms with E-state index in [0.29, 0.717) is 0 Å². The van der Waals surface area contributed by atoms with Crippen LogP contribution in [0.15, 0.2) is 18.3 Å². The van der Waals surface area contributed by atoms with Crippen LogP contribution in [-0.2, 0) is 6.54 Å². The molecule has 1 heterocycles. The van der Waals surface area contributed by atoms with E-state index in [1.54, 1.807) is 0 Å².